The molecule has 296 valence electrons. The van der Waals surface area contributed by atoms with Crippen molar-refractivity contribution in [3.8, 4) is 44.5 Å². The summed E-state index contributed by atoms with van der Waals surface area (Å²) in [6, 6.07) is 55.4. The second-order valence-corrected chi connectivity index (χ2v) is 18.0. The molecular formula is C60H56. The van der Waals surface area contributed by atoms with Crippen LogP contribution in [0.4, 0.5) is 0 Å². The zero-order chi connectivity index (χ0) is 42.0. The maximum atomic E-state index is 2.41. The quantitative estimate of drug-likeness (QED) is 0.167. The first kappa shape index (κ1) is 39.2. The molecule has 0 aromatic heterocycles. The summed E-state index contributed by atoms with van der Waals surface area (Å²) in [5, 5.41) is 0. The van der Waals surface area contributed by atoms with Gasteiger partial charge in [0.15, 0.2) is 0 Å². The molecule has 0 heteroatoms. The van der Waals surface area contributed by atoms with Gasteiger partial charge in [-0.2, -0.15) is 0 Å². The van der Waals surface area contributed by atoms with E-state index in [1.54, 1.807) is 0 Å². The summed E-state index contributed by atoms with van der Waals surface area (Å²) in [6.45, 7) is 22.0. The Balaban J connectivity index is 0.000000154. The van der Waals surface area contributed by atoms with E-state index in [2.05, 4.69) is 215 Å². The van der Waals surface area contributed by atoms with Gasteiger partial charge in [0, 0.05) is 11.8 Å². The maximum absolute atomic E-state index is 2.41. The van der Waals surface area contributed by atoms with E-state index in [-0.39, 0.29) is 11.8 Å². The van der Waals surface area contributed by atoms with Gasteiger partial charge >= 0.3 is 0 Å². The molecule has 2 aliphatic carbocycles. The minimum Gasteiger partial charge on any atom is -0.0587 e. The van der Waals surface area contributed by atoms with Crippen LogP contribution in [0.5, 0.6) is 0 Å². The van der Waals surface area contributed by atoms with Crippen molar-refractivity contribution in [2.45, 2.75) is 81.1 Å². The second kappa shape index (κ2) is 15.4. The van der Waals surface area contributed by atoms with Gasteiger partial charge in [-0.15, -0.1) is 0 Å². The van der Waals surface area contributed by atoms with Crippen molar-refractivity contribution in [2.75, 3.05) is 0 Å². The summed E-state index contributed by atoms with van der Waals surface area (Å²) in [4.78, 5) is 0. The van der Waals surface area contributed by atoms with Crippen LogP contribution in [0.1, 0.15) is 101 Å². The molecule has 0 atom stereocenters. The van der Waals surface area contributed by atoms with E-state index in [0.29, 0.717) is 0 Å². The predicted molar refractivity (Wildman–Crippen MR) is 257 cm³/mol. The molecule has 0 nitrogen and oxygen atoms in total. The zero-order valence-corrected chi connectivity index (χ0v) is 37.0. The van der Waals surface area contributed by atoms with E-state index in [0.717, 1.165) is 0 Å². The molecule has 60 heavy (non-hydrogen) atoms. The first-order chi connectivity index (χ1) is 28.8. The Hall–Kier alpha value is -6.24. The number of aryl methyl sites for hydroxylation is 10. The fourth-order valence-electron chi connectivity index (χ4n) is 10.2. The molecule has 0 aliphatic heterocycles. The highest BCUT2D eigenvalue weighted by molar-refractivity contribution is 5.86. The lowest BCUT2D eigenvalue weighted by molar-refractivity contribution is 1.01. The third-order valence-corrected chi connectivity index (χ3v) is 13.0. The molecule has 0 saturated heterocycles. The Kier molecular flexibility index (Phi) is 10.1. The van der Waals surface area contributed by atoms with Crippen molar-refractivity contribution >= 4 is 0 Å². The molecular weight excluding hydrogens is 721 g/mol. The number of hydrogen-bond acceptors (Lipinski definition) is 0. The van der Waals surface area contributed by atoms with Gasteiger partial charge in [0.1, 0.15) is 0 Å². The maximum Gasteiger partial charge on any atom is 0.0358 e. The molecule has 10 rings (SSSR count). The number of benzene rings is 8. The van der Waals surface area contributed by atoms with Crippen LogP contribution in [-0.4, -0.2) is 0 Å². The molecule has 0 spiro atoms. The van der Waals surface area contributed by atoms with Gasteiger partial charge in [0.25, 0.3) is 0 Å². The predicted octanol–water partition coefficient (Wildman–Crippen LogP) is 16.1. The van der Waals surface area contributed by atoms with Gasteiger partial charge in [0.2, 0.25) is 0 Å². The molecule has 0 saturated carbocycles. The molecule has 0 N–H and O–H groups in total. The van der Waals surface area contributed by atoms with Gasteiger partial charge in [0.05, 0.1) is 0 Å². The highest BCUT2D eigenvalue weighted by atomic mass is 14.4. The first-order valence-corrected chi connectivity index (χ1v) is 21.6. The fourth-order valence-corrected chi connectivity index (χ4v) is 10.2. The van der Waals surface area contributed by atoms with E-state index >= 15 is 0 Å². The van der Waals surface area contributed by atoms with E-state index in [9.17, 15) is 0 Å². The number of hydrogen-bond donors (Lipinski definition) is 0. The van der Waals surface area contributed by atoms with Crippen LogP contribution in [0.25, 0.3) is 44.5 Å². The largest absolute Gasteiger partial charge is 0.0587 e. The van der Waals surface area contributed by atoms with Crippen molar-refractivity contribution in [3.05, 3.63) is 235 Å². The molecule has 2 aliphatic rings. The van der Waals surface area contributed by atoms with Crippen molar-refractivity contribution in [3.63, 3.8) is 0 Å². The lowest BCUT2D eigenvalue weighted by atomic mass is 9.82. The molecule has 0 heterocycles. The van der Waals surface area contributed by atoms with Crippen molar-refractivity contribution in [1.29, 1.82) is 0 Å². The second-order valence-electron chi connectivity index (χ2n) is 18.0. The lowest BCUT2D eigenvalue weighted by Crippen LogP contribution is -2.03. The Morgan fingerprint density at radius 2 is 0.367 bits per heavy atom. The minimum atomic E-state index is 0.269. The number of fused-ring (bicyclic) bond motifs is 6. The molecule has 0 unspecified atom stereocenters. The van der Waals surface area contributed by atoms with E-state index < -0.39 is 0 Å². The molecule has 0 fully saturated rings. The summed E-state index contributed by atoms with van der Waals surface area (Å²) in [5.74, 6) is 0.538. The summed E-state index contributed by atoms with van der Waals surface area (Å²) >= 11 is 0. The minimum absolute atomic E-state index is 0.269. The standard InChI is InChI=1S/2C30H28/c2*1-18-6-10-23(22(5)14-18)24-11-7-19(2)15-27(24)30-28-16-20(3)8-12-25(28)26-13-9-21(4)17-29(26)30/h2*6-17,30H,1-5H3. The van der Waals surface area contributed by atoms with Crippen LogP contribution in [-0.2, 0) is 0 Å². The van der Waals surface area contributed by atoms with Crippen molar-refractivity contribution in [2.24, 2.45) is 0 Å². The Morgan fingerprint density at radius 3 is 0.567 bits per heavy atom. The third kappa shape index (κ3) is 7.03. The SMILES string of the molecule is Cc1ccc(-c2ccc(C)cc2C2c3cc(C)ccc3-c3ccc(C)cc32)c(C)c1.Cc1ccc(-c2ccc(C)cc2C2c3cc(C)ccc3-c3ccc(C)cc32)c(C)c1. The Bertz CT molecular complexity index is 2680. The fraction of sp³-hybridized carbons (Fsp3) is 0.200. The monoisotopic (exact) mass is 776 g/mol. The van der Waals surface area contributed by atoms with Crippen LogP contribution in [0.15, 0.2) is 146 Å². The van der Waals surface area contributed by atoms with Crippen LogP contribution in [0.3, 0.4) is 0 Å². The smallest absolute Gasteiger partial charge is 0.0358 e. The van der Waals surface area contributed by atoms with Gasteiger partial charge < -0.3 is 0 Å². The normalized spacial score (nSPS) is 12.7. The Morgan fingerprint density at radius 1 is 0.200 bits per heavy atom. The average molecular weight is 777 g/mol. The van der Waals surface area contributed by atoms with Gasteiger partial charge in [-0.1, -0.05) is 190 Å². The van der Waals surface area contributed by atoms with E-state index in [1.165, 1.54) is 134 Å². The highest BCUT2D eigenvalue weighted by Crippen LogP contribution is 2.52. The summed E-state index contributed by atoms with van der Waals surface area (Å²) < 4.78 is 0. The molecule has 0 radical (unpaired) electrons. The Labute approximate surface area is 358 Å². The van der Waals surface area contributed by atoms with E-state index in [1.807, 2.05) is 0 Å². The van der Waals surface area contributed by atoms with Crippen molar-refractivity contribution in [1.82, 2.24) is 0 Å². The third-order valence-electron chi connectivity index (χ3n) is 13.0. The van der Waals surface area contributed by atoms with Crippen LogP contribution < -0.4 is 0 Å². The zero-order valence-electron chi connectivity index (χ0n) is 37.0. The van der Waals surface area contributed by atoms with Gasteiger partial charge in [-0.3, -0.25) is 0 Å². The van der Waals surface area contributed by atoms with Crippen LogP contribution >= 0.6 is 0 Å². The average Bonchev–Trinajstić information content (AvgIpc) is 3.68. The molecule has 8 aromatic rings. The summed E-state index contributed by atoms with van der Waals surface area (Å²) in [6.07, 6.45) is 0. The topological polar surface area (TPSA) is 0 Å². The molecule has 8 aromatic carbocycles. The van der Waals surface area contributed by atoms with E-state index in [4.69, 9.17) is 0 Å². The van der Waals surface area contributed by atoms with Gasteiger partial charge in [-0.25, -0.2) is 0 Å². The molecule has 0 amide bonds. The number of rotatable bonds is 4. The molecule has 0 bridgehead atoms. The first-order valence-electron chi connectivity index (χ1n) is 21.6. The van der Waals surface area contributed by atoms with Crippen molar-refractivity contribution < 1.29 is 0 Å². The highest BCUT2D eigenvalue weighted by Gasteiger charge is 2.33. The van der Waals surface area contributed by atoms with Crippen LogP contribution in [0, 0.1) is 69.2 Å². The summed E-state index contributed by atoms with van der Waals surface area (Å²) in [5.41, 5.74) is 32.7. The van der Waals surface area contributed by atoms with Crippen LogP contribution in [0.2, 0.25) is 0 Å². The summed E-state index contributed by atoms with van der Waals surface area (Å²) in [7, 11) is 0. The lowest BCUT2D eigenvalue weighted by Gasteiger charge is -2.21. The van der Waals surface area contributed by atoms with Gasteiger partial charge in [-0.05, 0) is 158 Å².